The number of ether oxygens (including phenoxy) is 2. The van der Waals surface area contributed by atoms with Crippen LogP contribution in [0.1, 0.15) is 25.1 Å². The quantitative estimate of drug-likeness (QED) is 0.865. The van der Waals surface area contributed by atoms with Crippen LogP contribution >= 0.6 is 0 Å². The molecular formula is C16H27N3O2. The molecule has 0 aromatic carbocycles. The number of hydrogen-bond donors (Lipinski definition) is 1. The van der Waals surface area contributed by atoms with Crippen LogP contribution in [-0.2, 0) is 16.0 Å². The van der Waals surface area contributed by atoms with Crippen molar-refractivity contribution >= 4 is 5.82 Å². The molecule has 0 amide bonds. The van der Waals surface area contributed by atoms with Crippen LogP contribution in [0.5, 0.6) is 0 Å². The lowest BCUT2D eigenvalue weighted by molar-refractivity contribution is -0.00461. The van der Waals surface area contributed by atoms with Crippen molar-refractivity contribution in [2.24, 2.45) is 0 Å². The Balaban J connectivity index is 2.06. The van der Waals surface area contributed by atoms with Gasteiger partial charge in [0.25, 0.3) is 0 Å². The number of nitrogens with one attached hydrogen (secondary N) is 1. The van der Waals surface area contributed by atoms with Crippen LogP contribution < -0.4 is 10.2 Å². The second kappa shape index (κ2) is 7.20. The zero-order valence-electron chi connectivity index (χ0n) is 13.7. The fraction of sp³-hybridized carbons (Fsp3) is 0.688. The van der Waals surface area contributed by atoms with Crippen molar-refractivity contribution in [3.63, 3.8) is 0 Å². The minimum absolute atomic E-state index is 0.111. The first-order chi connectivity index (χ1) is 10.0. The highest BCUT2D eigenvalue weighted by Gasteiger charge is 2.33. The lowest BCUT2D eigenvalue weighted by atomic mass is 10.2. The van der Waals surface area contributed by atoms with Gasteiger partial charge < -0.3 is 19.7 Å². The Morgan fingerprint density at radius 2 is 1.86 bits per heavy atom. The second-order valence-electron chi connectivity index (χ2n) is 5.90. The van der Waals surface area contributed by atoms with Crippen molar-refractivity contribution in [1.29, 1.82) is 0 Å². The molecule has 2 atom stereocenters. The van der Waals surface area contributed by atoms with Crippen LogP contribution in [0.25, 0.3) is 0 Å². The van der Waals surface area contributed by atoms with Crippen LogP contribution in [0.15, 0.2) is 12.1 Å². The number of aromatic nitrogens is 1. The minimum atomic E-state index is 0.111. The molecule has 2 heterocycles. The Morgan fingerprint density at radius 3 is 2.33 bits per heavy atom. The Hall–Kier alpha value is -1.17. The van der Waals surface area contributed by atoms with Crippen molar-refractivity contribution in [3.05, 3.63) is 23.4 Å². The average molecular weight is 293 g/mol. The van der Waals surface area contributed by atoms with Gasteiger partial charge in [-0.15, -0.1) is 0 Å². The maximum Gasteiger partial charge on any atom is 0.128 e. The smallest absolute Gasteiger partial charge is 0.128 e. The predicted molar refractivity (Wildman–Crippen MR) is 84.8 cm³/mol. The summed E-state index contributed by atoms with van der Waals surface area (Å²) in [6.45, 7) is 8.88. The zero-order chi connectivity index (χ0) is 15.4. The molecule has 0 aliphatic carbocycles. The van der Waals surface area contributed by atoms with Crippen LogP contribution in [0.3, 0.4) is 0 Å². The molecular weight excluding hydrogens is 266 g/mol. The normalized spacial score (nSPS) is 22.3. The zero-order valence-corrected chi connectivity index (χ0v) is 13.7. The molecule has 1 N–H and O–H groups in total. The molecule has 1 fully saturated rings. The highest BCUT2D eigenvalue weighted by molar-refractivity contribution is 5.43. The molecule has 5 heteroatoms. The number of methoxy groups -OCH3 is 2. The summed E-state index contributed by atoms with van der Waals surface area (Å²) in [5, 5.41) is 3.43. The van der Waals surface area contributed by atoms with Gasteiger partial charge in [-0.05, 0) is 18.6 Å². The van der Waals surface area contributed by atoms with Gasteiger partial charge in [-0.25, -0.2) is 4.98 Å². The molecule has 0 bridgehead atoms. The van der Waals surface area contributed by atoms with Gasteiger partial charge in [0, 0.05) is 45.6 Å². The molecule has 118 valence electrons. The fourth-order valence-corrected chi connectivity index (χ4v) is 2.64. The fourth-order valence-electron chi connectivity index (χ4n) is 2.64. The third kappa shape index (κ3) is 3.93. The van der Waals surface area contributed by atoms with E-state index in [1.165, 1.54) is 5.56 Å². The first kappa shape index (κ1) is 16.2. The summed E-state index contributed by atoms with van der Waals surface area (Å²) in [5.41, 5.74) is 2.33. The topological polar surface area (TPSA) is 46.6 Å². The van der Waals surface area contributed by atoms with E-state index < -0.39 is 0 Å². The summed E-state index contributed by atoms with van der Waals surface area (Å²) in [7, 11) is 3.47. The van der Waals surface area contributed by atoms with Crippen molar-refractivity contribution in [2.75, 3.05) is 32.2 Å². The molecule has 1 aliphatic rings. The van der Waals surface area contributed by atoms with Gasteiger partial charge in [-0.2, -0.15) is 0 Å². The number of nitrogens with zero attached hydrogens (tertiary/aromatic N) is 2. The van der Waals surface area contributed by atoms with E-state index in [1.54, 1.807) is 14.2 Å². The van der Waals surface area contributed by atoms with Gasteiger partial charge in [-0.1, -0.05) is 19.9 Å². The average Bonchev–Trinajstić information content (AvgIpc) is 2.89. The summed E-state index contributed by atoms with van der Waals surface area (Å²) >= 11 is 0. The SMILES string of the molecule is COC1CN(c2ccc(CNC(C)C)c(C)n2)CC1OC. The molecule has 1 aromatic heterocycles. The van der Waals surface area contributed by atoms with Crippen molar-refractivity contribution in [3.8, 4) is 0 Å². The maximum absolute atomic E-state index is 5.48. The van der Waals surface area contributed by atoms with E-state index in [0.717, 1.165) is 31.1 Å². The maximum atomic E-state index is 5.48. The van der Waals surface area contributed by atoms with Crippen molar-refractivity contribution < 1.29 is 9.47 Å². The molecule has 0 saturated carbocycles. The van der Waals surface area contributed by atoms with Crippen LogP contribution in [0, 0.1) is 6.92 Å². The molecule has 1 saturated heterocycles. The van der Waals surface area contributed by atoms with Crippen LogP contribution in [0.2, 0.25) is 0 Å². The van der Waals surface area contributed by atoms with E-state index >= 15 is 0 Å². The summed E-state index contributed by atoms with van der Waals surface area (Å²) in [6.07, 6.45) is 0.221. The third-order valence-corrected chi connectivity index (χ3v) is 4.03. The van der Waals surface area contributed by atoms with Gasteiger partial charge in [0.2, 0.25) is 0 Å². The first-order valence-corrected chi connectivity index (χ1v) is 7.55. The summed E-state index contributed by atoms with van der Waals surface area (Å²) in [5.74, 6) is 1.00. The van der Waals surface area contributed by atoms with Crippen molar-refractivity contribution in [2.45, 2.75) is 45.6 Å². The summed E-state index contributed by atoms with van der Waals surface area (Å²) in [4.78, 5) is 6.98. The Kier molecular flexibility index (Phi) is 5.56. The van der Waals surface area contributed by atoms with Gasteiger partial charge in [-0.3, -0.25) is 0 Å². The Labute approximate surface area is 127 Å². The third-order valence-electron chi connectivity index (χ3n) is 4.03. The van der Waals surface area contributed by atoms with Crippen molar-refractivity contribution in [1.82, 2.24) is 10.3 Å². The Morgan fingerprint density at radius 1 is 1.24 bits per heavy atom. The number of anilines is 1. The summed E-state index contributed by atoms with van der Waals surface area (Å²) < 4.78 is 11.0. The number of pyridine rings is 1. The number of aryl methyl sites for hydroxylation is 1. The van der Waals surface area contributed by atoms with Crippen LogP contribution in [-0.4, -0.2) is 50.5 Å². The highest BCUT2D eigenvalue weighted by Crippen LogP contribution is 2.23. The molecule has 21 heavy (non-hydrogen) atoms. The largest absolute Gasteiger partial charge is 0.377 e. The van der Waals surface area contributed by atoms with E-state index in [1.807, 2.05) is 0 Å². The lowest BCUT2D eigenvalue weighted by Gasteiger charge is -2.19. The molecule has 2 rings (SSSR count). The molecule has 0 radical (unpaired) electrons. The predicted octanol–water partition coefficient (Wildman–Crippen LogP) is 1.74. The standard InChI is InChI=1S/C16H27N3O2/c1-11(2)17-8-13-6-7-16(18-12(13)3)19-9-14(20-4)15(10-19)21-5/h6-7,11,14-15,17H,8-10H2,1-5H3. The second-order valence-corrected chi connectivity index (χ2v) is 5.90. The Bertz CT molecular complexity index is 453. The molecule has 2 unspecified atom stereocenters. The monoisotopic (exact) mass is 293 g/mol. The van der Waals surface area contributed by atoms with E-state index in [4.69, 9.17) is 14.5 Å². The highest BCUT2D eigenvalue weighted by atomic mass is 16.5. The molecule has 0 spiro atoms. The number of rotatable bonds is 6. The van der Waals surface area contributed by atoms with Gasteiger partial charge in [0.1, 0.15) is 18.0 Å². The lowest BCUT2D eigenvalue weighted by Crippen LogP contribution is -2.27. The van der Waals surface area contributed by atoms with E-state index in [2.05, 4.69) is 43.1 Å². The molecule has 1 aromatic rings. The van der Waals surface area contributed by atoms with Gasteiger partial charge in [0.05, 0.1) is 0 Å². The van der Waals surface area contributed by atoms with Crippen LogP contribution in [0.4, 0.5) is 5.82 Å². The van der Waals surface area contributed by atoms with Gasteiger partial charge in [0.15, 0.2) is 0 Å². The van der Waals surface area contributed by atoms with E-state index in [0.29, 0.717) is 6.04 Å². The van der Waals surface area contributed by atoms with E-state index in [9.17, 15) is 0 Å². The van der Waals surface area contributed by atoms with Gasteiger partial charge >= 0.3 is 0 Å². The molecule has 5 nitrogen and oxygen atoms in total. The molecule has 1 aliphatic heterocycles. The number of hydrogen-bond acceptors (Lipinski definition) is 5. The summed E-state index contributed by atoms with van der Waals surface area (Å²) in [6, 6.07) is 4.73. The van der Waals surface area contributed by atoms with E-state index in [-0.39, 0.29) is 12.2 Å². The first-order valence-electron chi connectivity index (χ1n) is 7.55. The minimum Gasteiger partial charge on any atom is -0.377 e.